The van der Waals surface area contributed by atoms with E-state index in [-0.39, 0.29) is 17.7 Å². The number of hydrogen-bond acceptors (Lipinski definition) is 1. The van der Waals surface area contributed by atoms with Crippen LogP contribution in [0.2, 0.25) is 0 Å². The number of halogens is 9. The summed E-state index contributed by atoms with van der Waals surface area (Å²) in [5.41, 5.74) is 0.00493. The number of aryl methyl sites for hydroxylation is 1. The minimum Gasteiger partial charge on any atom is -0.429 e. The minimum atomic E-state index is -5.06. The second-order valence-corrected chi connectivity index (χ2v) is 8.97. The molecule has 1 nitrogen and oxygen atoms in total. The molecular formula is C31H19F9O. The van der Waals surface area contributed by atoms with Gasteiger partial charge in [0.1, 0.15) is 34.6 Å². The van der Waals surface area contributed by atoms with Crippen LogP contribution in [0, 0.1) is 35.1 Å². The molecule has 0 heterocycles. The molecule has 0 aromatic heterocycles. The summed E-state index contributed by atoms with van der Waals surface area (Å²) in [5, 5.41) is 0. The summed E-state index contributed by atoms with van der Waals surface area (Å²) in [5.74, 6) is -6.26. The molecule has 0 atom stereocenters. The first-order valence-electron chi connectivity index (χ1n) is 12.1. The highest BCUT2D eigenvalue weighted by Crippen LogP contribution is 2.38. The van der Waals surface area contributed by atoms with Gasteiger partial charge in [0.15, 0.2) is 0 Å². The van der Waals surface area contributed by atoms with E-state index < -0.39 is 52.4 Å². The first-order valence-corrected chi connectivity index (χ1v) is 12.1. The molecule has 0 spiro atoms. The molecule has 0 aliphatic rings. The summed E-state index contributed by atoms with van der Waals surface area (Å²) in [6.07, 6.45) is -7.87. The van der Waals surface area contributed by atoms with Gasteiger partial charge in [-0.1, -0.05) is 67.8 Å². The predicted octanol–water partition coefficient (Wildman–Crippen LogP) is 9.57. The van der Waals surface area contributed by atoms with E-state index in [9.17, 15) is 39.5 Å². The fourth-order valence-electron chi connectivity index (χ4n) is 4.09. The molecular weight excluding hydrogens is 559 g/mol. The highest BCUT2D eigenvalue weighted by atomic mass is 19.4. The maximum absolute atomic E-state index is 14.8. The summed E-state index contributed by atoms with van der Waals surface area (Å²) in [6, 6.07) is 16.0. The summed E-state index contributed by atoms with van der Waals surface area (Å²) >= 11 is 0. The van der Waals surface area contributed by atoms with Gasteiger partial charge in [-0.3, -0.25) is 0 Å². The van der Waals surface area contributed by atoms with Gasteiger partial charge in [0.25, 0.3) is 0 Å². The van der Waals surface area contributed by atoms with Crippen LogP contribution in [0.3, 0.4) is 0 Å². The van der Waals surface area contributed by atoms with E-state index in [1.54, 1.807) is 24.3 Å². The van der Waals surface area contributed by atoms with Crippen LogP contribution < -0.4 is 4.74 Å². The zero-order chi connectivity index (χ0) is 29.9. The van der Waals surface area contributed by atoms with Crippen molar-refractivity contribution >= 4 is 0 Å². The SMILES string of the molecule is CCCc1ccc(-c2ccc(-c3cc(F)c(C(F)(F)Oc4cc(F)c(C#CC(F)(F)F)c(F)c4)c(F)c3)cc2)cc1. The average Bonchev–Trinajstić information content (AvgIpc) is 2.87. The quantitative estimate of drug-likeness (QED) is 0.157. The molecule has 0 amide bonds. The fraction of sp³-hybridized carbons (Fsp3) is 0.161. The van der Waals surface area contributed by atoms with E-state index in [4.69, 9.17) is 0 Å². The van der Waals surface area contributed by atoms with Gasteiger partial charge in [-0.25, -0.2) is 17.6 Å². The van der Waals surface area contributed by atoms with Crippen LogP contribution in [0.25, 0.3) is 22.3 Å². The molecule has 0 aliphatic carbocycles. The van der Waals surface area contributed by atoms with Gasteiger partial charge in [-0.2, -0.15) is 22.0 Å². The largest absolute Gasteiger partial charge is 0.458 e. The number of alkyl halides is 5. The monoisotopic (exact) mass is 578 g/mol. The summed E-state index contributed by atoms with van der Waals surface area (Å²) < 4.78 is 128. The smallest absolute Gasteiger partial charge is 0.429 e. The van der Waals surface area contributed by atoms with E-state index in [2.05, 4.69) is 11.7 Å². The van der Waals surface area contributed by atoms with Crippen LogP contribution in [0.5, 0.6) is 5.75 Å². The van der Waals surface area contributed by atoms with Crippen molar-refractivity contribution < 1.29 is 44.3 Å². The molecule has 4 aromatic rings. The second-order valence-electron chi connectivity index (χ2n) is 8.97. The Hall–Kier alpha value is -4.39. The maximum Gasteiger partial charge on any atom is 0.458 e. The first kappa shape index (κ1) is 29.6. The van der Waals surface area contributed by atoms with Crippen LogP contribution in [0.15, 0.2) is 72.8 Å². The van der Waals surface area contributed by atoms with Crippen molar-refractivity contribution in [1.82, 2.24) is 0 Å². The van der Waals surface area contributed by atoms with E-state index in [1.165, 1.54) is 11.5 Å². The molecule has 0 unspecified atom stereocenters. The molecule has 0 aliphatic heterocycles. The fourth-order valence-corrected chi connectivity index (χ4v) is 4.09. The number of rotatable bonds is 7. The molecule has 0 N–H and O–H groups in total. The van der Waals surface area contributed by atoms with Gasteiger partial charge in [0, 0.05) is 18.1 Å². The highest BCUT2D eigenvalue weighted by Gasteiger charge is 2.41. The zero-order valence-corrected chi connectivity index (χ0v) is 21.2. The standard InChI is InChI=1S/C31H19F9O/c1-2-3-18-4-6-19(7-5-18)20-8-10-21(11-9-20)22-14-27(34)29(28(35)15-22)31(39,40)41-23-16-25(32)24(26(33)17-23)12-13-30(36,37)38/h4-11,14-17H,2-3H2,1H3. The number of hydrogen-bond donors (Lipinski definition) is 0. The third kappa shape index (κ3) is 7.04. The van der Waals surface area contributed by atoms with Crippen molar-refractivity contribution in [3.8, 4) is 39.8 Å². The predicted molar refractivity (Wildman–Crippen MR) is 135 cm³/mol. The Labute approximate surface area is 229 Å². The summed E-state index contributed by atoms with van der Waals surface area (Å²) in [7, 11) is 0. The molecule has 4 rings (SSSR count). The van der Waals surface area contributed by atoms with Gasteiger partial charge < -0.3 is 4.74 Å². The third-order valence-electron chi connectivity index (χ3n) is 5.97. The Balaban J connectivity index is 1.57. The molecule has 0 saturated carbocycles. The van der Waals surface area contributed by atoms with Crippen molar-refractivity contribution in [2.24, 2.45) is 0 Å². The van der Waals surface area contributed by atoms with Crippen LogP contribution >= 0.6 is 0 Å². The van der Waals surface area contributed by atoms with E-state index in [1.807, 2.05) is 24.3 Å². The van der Waals surface area contributed by atoms with Crippen molar-refractivity contribution in [2.75, 3.05) is 0 Å². The Morgan fingerprint density at radius 3 is 1.56 bits per heavy atom. The van der Waals surface area contributed by atoms with Crippen LogP contribution in [0.1, 0.15) is 30.0 Å². The van der Waals surface area contributed by atoms with Crippen molar-refractivity contribution in [3.05, 3.63) is 113 Å². The maximum atomic E-state index is 14.8. The molecule has 0 fully saturated rings. The van der Waals surface area contributed by atoms with Gasteiger partial charge in [-0.05, 0) is 46.4 Å². The number of ether oxygens (including phenoxy) is 1. The van der Waals surface area contributed by atoms with E-state index in [0.717, 1.165) is 24.0 Å². The highest BCUT2D eigenvalue weighted by molar-refractivity contribution is 5.71. The molecule has 10 heteroatoms. The first-order chi connectivity index (χ1) is 19.3. The lowest BCUT2D eigenvalue weighted by Crippen LogP contribution is -2.25. The lowest BCUT2D eigenvalue weighted by Gasteiger charge is -2.20. The number of benzene rings is 4. The van der Waals surface area contributed by atoms with Crippen molar-refractivity contribution in [2.45, 2.75) is 32.1 Å². The van der Waals surface area contributed by atoms with Crippen LogP contribution in [0.4, 0.5) is 39.5 Å². The van der Waals surface area contributed by atoms with E-state index in [0.29, 0.717) is 23.6 Å². The van der Waals surface area contributed by atoms with E-state index >= 15 is 0 Å². The summed E-state index contributed by atoms with van der Waals surface area (Å²) in [6.45, 7) is 2.07. The van der Waals surface area contributed by atoms with Crippen LogP contribution in [-0.2, 0) is 12.5 Å². The van der Waals surface area contributed by atoms with Gasteiger partial charge >= 0.3 is 12.3 Å². The average molecular weight is 578 g/mol. The lowest BCUT2D eigenvalue weighted by molar-refractivity contribution is -0.189. The molecule has 0 saturated heterocycles. The molecule has 0 bridgehead atoms. The molecule has 212 valence electrons. The van der Waals surface area contributed by atoms with Gasteiger partial charge in [0.05, 0.1) is 5.56 Å². The van der Waals surface area contributed by atoms with Crippen molar-refractivity contribution in [1.29, 1.82) is 0 Å². The molecule has 0 radical (unpaired) electrons. The normalized spacial score (nSPS) is 11.7. The zero-order valence-electron chi connectivity index (χ0n) is 21.2. The minimum absolute atomic E-state index is 0.0610. The Bertz CT molecular complexity index is 1570. The Morgan fingerprint density at radius 2 is 1.10 bits per heavy atom. The third-order valence-corrected chi connectivity index (χ3v) is 5.97. The Kier molecular flexibility index (Phi) is 8.38. The summed E-state index contributed by atoms with van der Waals surface area (Å²) in [4.78, 5) is 0. The van der Waals surface area contributed by atoms with Gasteiger partial charge in [0.2, 0.25) is 0 Å². The molecule has 41 heavy (non-hydrogen) atoms. The second kappa shape index (κ2) is 11.6. The molecule has 4 aromatic carbocycles. The van der Waals surface area contributed by atoms with Crippen molar-refractivity contribution in [3.63, 3.8) is 0 Å². The topological polar surface area (TPSA) is 9.23 Å². The van der Waals surface area contributed by atoms with Gasteiger partial charge in [-0.15, -0.1) is 0 Å². The lowest BCUT2D eigenvalue weighted by atomic mass is 9.98. The van der Waals surface area contributed by atoms with Crippen LogP contribution in [-0.4, -0.2) is 6.18 Å². The Morgan fingerprint density at radius 1 is 0.634 bits per heavy atom.